The van der Waals surface area contributed by atoms with E-state index >= 15 is 0 Å². The summed E-state index contributed by atoms with van der Waals surface area (Å²) in [6.45, 7) is 1.32. The number of hydrogen-bond donors (Lipinski definition) is 2. The van der Waals surface area contributed by atoms with Gasteiger partial charge in [0.1, 0.15) is 5.75 Å². The molecule has 7 nitrogen and oxygen atoms in total. The Balaban J connectivity index is 1.47. The van der Waals surface area contributed by atoms with E-state index in [4.69, 9.17) is 14.2 Å². The summed E-state index contributed by atoms with van der Waals surface area (Å²) in [4.78, 5) is 24.1. The number of amides is 2. The molecule has 1 atom stereocenters. The van der Waals surface area contributed by atoms with Gasteiger partial charge in [-0.3, -0.25) is 20.4 Å². The fourth-order valence-electron chi connectivity index (χ4n) is 2.65. The summed E-state index contributed by atoms with van der Waals surface area (Å²) in [7, 11) is 1.51. The Hall–Kier alpha value is -3.74. The molecule has 0 saturated heterocycles. The van der Waals surface area contributed by atoms with Crippen LogP contribution in [0.2, 0.25) is 0 Å². The average Bonchev–Trinajstić information content (AvgIpc) is 2.76. The first kappa shape index (κ1) is 20.0. The maximum atomic E-state index is 12.2. The number of para-hydroxylation sites is 2. The van der Waals surface area contributed by atoms with Gasteiger partial charge >= 0.3 is 0 Å². The van der Waals surface area contributed by atoms with Crippen LogP contribution in [0.3, 0.4) is 0 Å². The number of hydrogen-bond acceptors (Lipinski definition) is 5. The van der Waals surface area contributed by atoms with Crippen molar-refractivity contribution in [2.24, 2.45) is 0 Å². The minimum absolute atomic E-state index is 0.277. The van der Waals surface area contributed by atoms with Crippen LogP contribution in [0.1, 0.15) is 6.92 Å². The Bertz CT molecular complexity index is 1010. The van der Waals surface area contributed by atoms with Crippen LogP contribution in [-0.4, -0.2) is 31.6 Å². The largest absolute Gasteiger partial charge is 0.493 e. The molecule has 0 saturated carbocycles. The van der Waals surface area contributed by atoms with E-state index in [0.717, 1.165) is 10.8 Å². The predicted octanol–water partition coefficient (Wildman–Crippen LogP) is 2.84. The number of carbonyl (C=O) groups is 2. The van der Waals surface area contributed by atoms with Crippen LogP contribution in [-0.2, 0) is 9.59 Å². The van der Waals surface area contributed by atoms with E-state index < -0.39 is 17.9 Å². The third kappa shape index (κ3) is 5.38. The maximum Gasteiger partial charge on any atom is 0.279 e. The lowest BCUT2D eigenvalue weighted by Gasteiger charge is -2.16. The van der Waals surface area contributed by atoms with Crippen molar-refractivity contribution in [3.8, 4) is 17.2 Å². The number of hydrazine groups is 1. The minimum atomic E-state index is -0.799. The fourth-order valence-corrected chi connectivity index (χ4v) is 2.65. The summed E-state index contributed by atoms with van der Waals surface area (Å²) in [5, 5.41) is 2.10. The molecule has 7 heteroatoms. The number of nitrogens with one attached hydrogen (secondary N) is 2. The molecule has 0 heterocycles. The number of carbonyl (C=O) groups excluding carboxylic acids is 2. The summed E-state index contributed by atoms with van der Waals surface area (Å²) in [5.74, 6) is 0.523. The van der Waals surface area contributed by atoms with E-state index in [-0.39, 0.29) is 6.61 Å². The van der Waals surface area contributed by atoms with E-state index in [1.54, 1.807) is 37.3 Å². The molecule has 0 radical (unpaired) electrons. The molecule has 29 heavy (non-hydrogen) atoms. The Kier molecular flexibility index (Phi) is 6.52. The van der Waals surface area contributed by atoms with Gasteiger partial charge in [0.25, 0.3) is 11.8 Å². The molecule has 3 aromatic rings. The molecular formula is C22H22N2O5. The molecule has 0 spiro atoms. The monoisotopic (exact) mass is 394 g/mol. The fraction of sp³-hybridized carbons (Fsp3) is 0.182. The van der Waals surface area contributed by atoms with Crippen molar-refractivity contribution in [3.63, 3.8) is 0 Å². The third-order valence-electron chi connectivity index (χ3n) is 4.16. The van der Waals surface area contributed by atoms with Gasteiger partial charge in [-0.2, -0.15) is 0 Å². The molecule has 0 fully saturated rings. The van der Waals surface area contributed by atoms with Gasteiger partial charge in [-0.05, 0) is 42.0 Å². The smallest absolute Gasteiger partial charge is 0.279 e. The van der Waals surface area contributed by atoms with Gasteiger partial charge in [0.2, 0.25) is 0 Å². The maximum absolute atomic E-state index is 12.2. The number of methoxy groups -OCH3 is 1. The van der Waals surface area contributed by atoms with Crippen LogP contribution >= 0.6 is 0 Å². The zero-order chi connectivity index (χ0) is 20.6. The first-order valence-electron chi connectivity index (χ1n) is 9.07. The van der Waals surface area contributed by atoms with Gasteiger partial charge < -0.3 is 14.2 Å². The highest BCUT2D eigenvalue weighted by molar-refractivity contribution is 5.86. The topological polar surface area (TPSA) is 85.9 Å². The van der Waals surface area contributed by atoms with E-state index in [9.17, 15) is 9.59 Å². The van der Waals surface area contributed by atoms with Crippen molar-refractivity contribution in [2.75, 3.05) is 13.7 Å². The lowest BCUT2D eigenvalue weighted by atomic mass is 10.1. The lowest BCUT2D eigenvalue weighted by Crippen LogP contribution is -2.48. The summed E-state index contributed by atoms with van der Waals surface area (Å²) >= 11 is 0. The van der Waals surface area contributed by atoms with Crippen molar-refractivity contribution < 1.29 is 23.8 Å². The van der Waals surface area contributed by atoms with Crippen molar-refractivity contribution in [3.05, 3.63) is 66.7 Å². The van der Waals surface area contributed by atoms with Crippen LogP contribution in [0.25, 0.3) is 10.8 Å². The van der Waals surface area contributed by atoms with E-state index in [1.807, 2.05) is 36.4 Å². The summed E-state index contributed by atoms with van der Waals surface area (Å²) in [6.07, 6.45) is -0.799. The van der Waals surface area contributed by atoms with Crippen LogP contribution in [0.4, 0.5) is 0 Å². The Labute approximate surface area is 168 Å². The van der Waals surface area contributed by atoms with Gasteiger partial charge in [0.05, 0.1) is 7.11 Å². The first-order chi connectivity index (χ1) is 14.1. The number of rotatable bonds is 7. The molecule has 0 aliphatic heterocycles. The molecule has 3 aromatic carbocycles. The standard InChI is InChI=1S/C22H22N2O5/c1-15(29-18-12-11-16-7-3-4-8-17(16)13-18)22(26)24-23-21(25)14-28-20-10-6-5-9-19(20)27-2/h3-13,15H,14H2,1-2H3,(H,23,25)(H,24,26)/t15-/m0/s1. The summed E-state index contributed by atoms with van der Waals surface area (Å²) < 4.78 is 16.2. The quantitative estimate of drug-likeness (QED) is 0.602. The van der Waals surface area contributed by atoms with Crippen LogP contribution in [0.5, 0.6) is 17.2 Å². The molecule has 2 N–H and O–H groups in total. The SMILES string of the molecule is COc1ccccc1OCC(=O)NNC(=O)[C@H](C)Oc1ccc2ccccc2c1. The normalized spacial score (nSPS) is 11.4. The van der Waals surface area contributed by atoms with Gasteiger partial charge in [-0.1, -0.05) is 42.5 Å². The van der Waals surface area contributed by atoms with Gasteiger partial charge in [0, 0.05) is 0 Å². The number of fused-ring (bicyclic) bond motifs is 1. The predicted molar refractivity (Wildman–Crippen MR) is 109 cm³/mol. The molecule has 150 valence electrons. The molecule has 2 amide bonds. The molecule has 0 aliphatic rings. The average molecular weight is 394 g/mol. The highest BCUT2D eigenvalue weighted by Gasteiger charge is 2.16. The Morgan fingerprint density at radius 1 is 0.897 bits per heavy atom. The zero-order valence-electron chi connectivity index (χ0n) is 16.2. The highest BCUT2D eigenvalue weighted by Crippen LogP contribution is 2.25. The molecule has 0 unspecified atom stereocenters. The van der Waals surface area contributed by atoms with E-state index in [0.29, 0.717) is 17.2 Å². The van der Waals surface area contributed by atoms with Gasteiger partial charge in [-0.25, -0.2) is 0 Å². The van der Waals surface area contributed by atoms with Crippen LogP contribution in [0.15, 0.2) is 66.7 Å². The summed E-state index contributed by atoms with van der Waals surface area (Å²) in [6, 6.07) is 20.4. The Morgan fingerprint density at radius 3 is 2.34 bits per heavy atom. The summed E-state index contributed by atoms with van der Waals surface area (Å²) in [5.41, 5.74) is 4.63. The van der Waals surface area contributed by atoms with Gasteiger partial charge in [-0.15, -0.1) is 0 Å². The first-order valence-corrected chi connectivity index (χ1v) is 9.07. The number of ether oxygens (including phenoxy) is 3. The van der Waals surface area contributed by atoms with Gasteiger partial charge in [0.15, 0.2) is 24.2 Å². The van der Waals surface area contributed by atoms with Crippen molar-refractivity contribution in [1.82, 2.24) is 10.9 Å². The van der Waals surface area contributed by atoms with Crippen LogP contribution in [0, 0.1) is 0 Å². The molecule has 3 rings (SSSR count). The van der Waals surface area contributed by atoms with Crippen LogP contribution < -0.4 is 25.1 Å². The second-order valence-electron chi connectivity index (χ2n) is 6.25. The molecule has 0 aliphatic carbocycles. The second kappa shape index (κ2) is 9.45. The zero-order valence-corrected chi connectivity index (χ0v) is 16.2. The Morgan fingerprint density at radius 2 is 1.59 bits per heavy atom. The third-order valence-corrected chi connectivity index (χ3v) is 4.16. The minimum Gasteiger partial charge on any atom is -0.493 e. The van der Waals surface area contributed by atoms with Crippen molar-refractivity contribution in [2.45, 2.75) is 13.0 Å². The van der Waals surface area contributed by atoms with E-state index in [2.05, 4.69) is 10.9 Å². The van der Waals surface area contributed by atoms with Crippen molar-refractivity contribution in [1.29, 1.82) is 0 Å². The van der Waals surface area contributed by atoms with E-state index in [1.165, 1.54) is 7.11 Å². The molecule has 0 bridgehead atoms. The number of benzene rings is 3. The highest BCUT2D eigenvalue weighted by atomic mass is 16.5. The second-order valence-corrected chi connectivity index (χ2v) is 6.25. The molecule has 0 aromatic heterocycles. The molecular weight excluding hydrogens is 372 g/mol. The van der Waals surface area contributed by atoms with Crippen molar-refractivity contribution >= 4 is 22.6 Å². The lowest BCUT2D eigenvalue weighted by molar-refractivity contribution is -0.133.